The van der Waals surface area contributed by atoms with Crippen LogP contribution in [0.25, 0.3) is 10.8 Å². The van der Waals surface area contributed by atoms with E-state index in [-0.39, 0.29) is 0 Å². The number of ether oxygens (including phenoxy) is 2. The van der Waals surface area contributed by atoms with Gasteiger partial charge in [-0.15, -0.1) is 0 Å². The quantitative estimate of drug-likeness (QED) is 0.907. The van der Waals surface area contributed by atoms with Crippen LogP contribution in [0, 0.1) is 0 Å². The molecule has 0 amide bonds. The lowest BCUT2D eigenvalue weighted by atomic mass is 9.90. The Labute approximate surface area is 149 Å². The fourth-order valence-electron chi connectivity index (χ4n) is 4.23. The van der Waals surface area contributed by atoms with Gasteiger partial charge in [-0.25, -0.2) is 0 Å². The van der Waals surface area contributed by atoms with Gasteiger partial charge in [-0.2, -0.15) is 0 Å². The van der Waals surface area contributed by atoms with Crippen molar-refractivity contribution in [1.82, 2.24) is 4.90 Å². The third kappa shape index (κ3) is 3.81. The standard InChI is InChI=1S/C21H27NO3/c23-17(14-22-12-13-24-21-10-4-3-9-19(21)22)15-25-20-11-5-7-16-6-1-2-8-18(16)20/h1-2,5-8,11,17,19,21,23H,3-4,9-10,12-15H2/t17-,19+,21-/m0/s1. The van der Waals surface area contributed by atoms with Gasteiger partial charge in [0.15, 0.2) is 0 Å². The van der Waals surface area contributed by atoms with Gasteiger partial charge in [0.05, 0.1) is 12.7 Å². The van der Waals surface area contributed by atoms with Crippen LogP contribution in [0.2, 0.25) is 0 Å². The summed E-state index contributed by atoms with van der Waals surface area (Å²) in [5, 5.41) is 12.8. The fourth-order valence-corrected chi connectivity index (χ4v) is 4.23. The Hall–Kier alpha value is -1.62. The summed E-state index contributed by atoms with van der Waals surface area (Å²) in [4.78, 5) is 2.41. The van der Waals surface area contributed by atoms with Crippen molar-refractivity contribution in [3.63, 3.8) is 0 Å². The Morgan fingerprint density at radius 2 is 1.96 bits per heavy atom. The lowest BCUT2D eigenvalue weighted by Crippen LogP contribution is -2.55. The van der Waals surface area contributed by atoms with E-state index in [0.29, 0.717) is 25.3 Å². The second kappa shape index (κ2) is 7.73. The number of nitrogens with zero attached hydrogens (tertiary/aromatic N) is 1. The highest BCUT2D eigenvalue weighted by molar-refractivity contribution is 5.88. The molecule has 1 saturated carbocycles. The molecule has 2 fully saturated rings. The number of aliphatic hydroxyl groups excluding tert-OH is 1. The minimum atomic E-state index is -0.486. The minimum absolute atomic E-state index is 0.322. The van der Waals surface area contributed by atoms with Crippen molar-refractivity contribution in [2.75, 3.05) is 26.3 Å². The predicted molar refractivity (Wildman–Crippen MR) is 99.0 cm³/mol. The molecule has 25 heavy (non-hydrogen) atoms. The summed E-state index contributed by atoms with van der Waals surface area (Å²) in [5.41, 5.74) is 0. The first-order valence-electron chi connectivity index (χ1n) is 9.45. The molecular formula is C21H27NO3. The Morgan fingerprint density at radius 3 is 2.92 bits per heavy atom. The van der Waals surface area contributed by atoms with Crippen LogP contribution in [0.1, 0.15) is 25.7 Å². The topological polar surface area (TPSA) is 41.9 Å². The zero-order chi connectivity index (χ0) is 17.1. The van der Waals surface area contributed by atoms with Crippen LogP contribution in [0.15, 0.2) is 42.5 Å². The second-order valence-corrected chi connectivity index (χ2v) is 7.20. The molecule has 4 heteroatoms. The maximum Gasteiger partial charge on any atom is 0.127 e. The highest BCUT2D eigenvalue weighted by Gasteiger charge is 2.34. The number of β-amino-alcohol motifs (C(OH)–C–C–N with tert-alkyl or cyclic N) is 1. The molecule has 4 rings (SSSR count). The number of fused-ring (bicyclic) bond motifs is 2. The molecule has 2 aromatic carbocycles. The SMILES string of the molecule is O[C@H](COc1cccc2ccccc12)CN1CCO[C@H]2CCCC[C@H]21. The van der Waals surface area contributed by atoms with E-state index in [9.17, 15) is 5.11 Å². The summed E-state index contributed by atoms with van der Waals surface area (Å²) in [6, 6.07) is 14.7. The molecule has 0 radical (unpaired) electrons. The van der Waals surface area contributed by atoms with Gasteiger partial charge >= 0.3 is 0 Å². The number of morpholine rings is 1. The normalized spacial score (nSPS) is 25.5. The summed E-state index contributed by atoms with van der Waals surface area (Å²) in [7, 11) is 0. The molecule has 1 aliphatic carbocycles. The smallest absolute Gasteiger partial charge is 0.127 e. The largest absolute Gasteiger partial charge is 0.490 e. The maximum absolute atomic E-state index is 10.5. The van der Waals surface area contributed by atoms with E-state index in [0.717, 1.165) is 36.1 Å². The van der Waals surface area contributed by atoms with Gasteiger partial charge < -0.3 is 14.6 Å². The molecule has 0 unspecified atom stereocenters. The number of benzene rings is 2. The monoisotopic (exact) mass is 341 g/mol. The average molecular weight is 341 g/mol. The first-order valence-corrected chi connectivity index (χ1v) is 9.45. The predicted octanol–water partition coefficient (Wildman–Crippen LogP) is 3.22. The lowest BCUT2D eigenvalue weighted by molar-refractivity contribution is -0.0992. The van der Waals surface area contributed by atoms with Crippen LogP contribution < -0.4 is 4.74 Å². The molecule has 0 aromatic heterocycles. The Morgan fingerprint density at radius 1 is 1.12 bits per heavy atom. The molecule has 0 bridgehead atoms. The van der Waals surface area contributed by atoms with Gasteiger partial charge in [0, 0.05) is 24.5 Å². The summed E-state index contributed by atoms with van der Waals surface area (Å²) in [5.74, 6) is 0.842. The first-order chi connectivity index (χ1) is 12.3. The number of rotatable bonds is 5. The second-order valence-electron chi connectivity index (χ2n) is 7.20. The van der Waals surface area contributed by atoms with Crippen molar-refractivity contribution in [2.24, 2.45) is 0 Å². The molecule has 2 aromatic rings. The van der Waals surface area contributed by atoms with Crippen LogP contribution >= 0.6 is 0 Å². The van der Waals surface area contributed by atoms with Gasteiger partial charge in [-0.3, -0.25) is 4.90 Å². The van der Waals surface area contributed by atoms with E-state index in [4.69, 9.17) is 9.47 Å². The van der Waals surface area contributed by atoms with E-state index < -0.39 is 6.10 Å². The van der Waals surface area contributed by atoms with E-state index in [1.807, 2.05) is 24.3 Å². The van der Waals surface area contributed by atoms with Crippen molar-refractivity contribution in [2.45, 2.75) is 43.9 Å². The highest BCUT2D eigenvalue weighted by Crippen LogP contribution is 2.29. The van der Waals surface area contributed by atoms with Crippen LogP contribution in [-0.2, 0) is 4.74 Å². The van der Waals surface area contributed by atoms with Gasteiger partial charge in [-0.05, 0) is 24.3 Å². The number of aliphatic hydroxyl groups is 1. The molecule has 4 nitrogen and oxygen atoms in total. The molecule has 134 valence electrons. The summed E-state index contributed by atoms with van der Waals surface area (Å²) >= 11 is 0. The van der Waals surface area contributed by atoms with Crippen molar-refractivity contribution in [3.8, 4) is 5.75 Å². The number of hydrogen-bond donors (Lipinski definition) is 1. The number of hydrogen-bond acceptors (Lipinski definition) is 4. The molecular weight excluding hydrogens is 314 g/mol. The van der Waals surface area contributed by atoms with Crippen LogP contribution in [0.4, 0.5) is 0 Å². The van der Waals surface area contributed by atoms with Crippen molar-refractivity contribution in [3.05, 3.63) is 42.5 Å². The summed E-state index contributed by atoms with van der Waals surface area (Å²) in [6.45, 7) is 2.67. The third-order valence-electron chi connectivity index (χ3n) is 5.47. The van der Waals surface area contributed by atoms with Gasteiger partial charge in [0.2, 0.25) is 0 Å². The van der Waals surface area contributed by atoms with Crippen LogP contribution in [0.5, 0.6) is 5.75 Å². The minimum Gasteiger partial charge on any atom is -0.490 e. The maximum atomic E-state index is 10.5. The van der Waals surface area contributed by atoms with E-state index >= 15 is 0 Å². The average Bonchev–Trinajstić information content (AvgIpc) is 2.66. The zero-order valence-corrected chi connectivity index (χ0v) is 14.6. The van der Waals surface area contributed by atoms with Gasteiger partial charge in [0.25, 0.3) is 0 Å². The van der Waals surface area contributed by atoms with Gasteiger partial charge in [-0.1, -0.05) is 49.2 Å². The molecule has 1 saturated heterocycles. The van der Waals surface area contributed by atoms with Crippen LogP contribution in [0.3, 0.4) is 0 Å². The molecule has 2 aliphatic rings. The van der Waals surface area contributed by atoms with E-state index in [2.05, 4.69) is 23.1 Å². The summed E-state index contributed by atoms with van der Waals surface area (Å²) < 4.78 is 11.9. The molecule has 1 heterocycles. The zero-order valence-electron chi connectivity index (χ0n) is 14.6. The Balaban J connectivity index is 1.36. The Kier molecular flexibility index (Phi) is 5.20. The lowest BCUT2D eigenvalue weighted by Gasteiger charge is -2.44. The first kappa shape index (κ1) is 16.8. The fraction of sp³-hybridized carbons (Fsp3) is 0.524. The molecule has 3 atom stereocenters. The van der Waals surface area contributed by atoms with Crippen LogP contribution in [-0.4, -0.2) is 54.6 Å². The van der Waals surface area contributed by atoms with E-state index in [1.165, 1.54) is 19.3 Å². The van der Waals surface area contributed by atoms with E-state index in [1.54, 1.807) is 0 Å². The van der Waals surface area contributed by atoms with Gasteiger partial charge in [0.1, 0.15) is 18.5 Å². The molecule has 1 aliphatic heterocycles. The molecule has 1 N–H and O–H groups in total. The highest BCUT2D eigenvalue weighted by atomic mass is 16.5. The summed E-state index contributed by atoms with van der Waals surface area (Å²) in [6.07, 6.45) is 4.74. The van der Waals surface area contributed by atoms with Crippen molar-refractivity contribution in [1.29, 1.82) is 0 Å². The Bertz CT molecular complexity index is 697. The van der Waals surface area contributed by atoms with Crippen molar-refractivity contribution < 1.29 is 14.6 Å². The third-order valence-corrected chi connectivity index (χ3v) is 5.47. The van der Waals surface area contributed by atoms with Crippen molar-refractivity contribution >= 4 is 10.8 Å². The molecule has 0 spiro atoms.